The van der Waals surface area contributed by atoms with E-state index in [0.717, 1.165) is 24.8 Å². The van der Waals surface area contributed by atoms with Gasteiger partial charge in [0.25, 0.3) is 0 Å². The second kappa shape index (κ2) is 5.29. The summed E-state index contributed by atoms with van der Waals surface area (Å²) in [5.74, 6) is 0. The van der Waals surface area contributed by atoms with Crippen molar-refractivity contribution in [3.8, 4) is 0 Å². The van der Waals surface area contributed by atoms with Crippen molar-refractivity contribution in [2.24, 2.45) is 0 Å². The lowest BCUT2D eigenvalue weighted by atomic mass is 9.82. The average Bonchev–Trinajstić information content (AvgIpc) is 2.83. The van der Waals surface area contributed by atoms with Crippen molar-refractivity contribution in [2.75, 3.05) is 0 Å². The van der Waals surface area contributed by atoms with E-state index < -0.39 is 0 Å². The summed E-state index contributed by atoms with van der Waals surface area (Å²) in [6.07, 6.45) is 8.27. The largest absolute Gasteiger partial charge is 0.498 e. The first-order chi connectivity index (χ1) is 8.86. The highest BCUT2D eigenvalue weighted by atomic mass is 16.7. The van der Waals surface area contributed by atoms with Crippen LogP contribution in [0, 0.1) is 6.42 Å². The van der Waals surface area contributed by atoms with E-state index in [0.29, 0.717) is 0 Å². The van der Waals surface area contributed by atoms with Crippen LogP contribution in [0.5, 0.6) is 0 Å². The van der Waals surface area contributed by atoms with Crippen LogP contribution in [-0.2, 0) is 15.9 Å². The topological polar surface area (TPSA) is 36.3 Å². The summed E-state index contributed by atoms with van der Waals surface area (Å²) in [5, 5.41) is 4.36. The maximum Gasteiger partial charge on any atom is 0.498 e. The Balaban J connectivity index is 2.00. The summed E-state index contributed by atoms with van der Waals surface area (Å²) in [6.45, 7) is 11.3. The Morgan fingerprint density at radius 2 is 1.89 bits per heavy atom. The monoisotopic (exact) mass is 263 g/mol. The van der Waals surface area contributed by atoms with E-state index in [-0.39, 0.29) is 18.3 Å². The fraction of sp³-hybridized carbons (Fsp3) is 0.714. The molecule has 0 spiro atoms. The molecule has 1 aliphatic rings. The maximum absolute atomic E-state index is 6.01. The van der Waals surface area contributed by atoms with E-state index in [1.807, 2.05) is 17.1 Å². The molecule has 105 valence electrons. The minimum atomic E-state index is -0.311. The standard InChI is InChI=1S/C14H24BN2O2/c1-6-7-8-9-17-11-12(10-16-17)15-18-13(2,3)14(4,5)19-15/h7,10-11H,6,8-9H2,1-5H3. The summed E-state index contributed by atoms with van der Waals surface area (Å²) in [5.41, 5.74) is 0.404. The molecule has 0 saturated carbocycles. The SMILES string of the molecule is CC[CH]CCn1cc(B2OC(C)(C)C(C)(C)O2)cn1. The first-order valence-electron chi connectivity index (χ1n) is 7.05. The fourth-order valence-electron chi connectivity index (χ4n) is 2.03. The lowest BCUT2D eigenvalue weighted by molar-refractivity contribution is 0.00578. The number of hydrogen-bond acceptors (Lipinski definition) is 3. The van der Waals surface area contributed by atoms with Crippen molar-refractivity contribution in [1.29, 1.82) is 0 Å². The first kappa shape index (κ1) is 14.6. The van der Waals surface area contributed by atoms with Crippen molar-refractivity contribution in [1.82, 2.24) is 9.78 Å². The molecular weight excluding hydrogens is 239 g/mol. The number of unbranched alkanes of at least 4 members (excludes halogenated alkanes) is 2. The van der Waals surface area contributed by atoms with Gasteiger partial charge in [0, 0.05) is 24.4 Å². The van der Waals surface area contributed by atoms with Gasteiger partial charge in [0.2, 0.25) is 0 Å². The van der Waals surface area contributed by atoms with Crippen LogP contribution in [0.25, 0.3) is 0 Å². The lowest BCUT2D eigenvalue weighted by Gasteiger charge is -2.32. The number of hydrogen-bond donors (Lipinski definition) is 0. The second-order valence-electron chi connectivity index (χ2n) is 6.11. The summed E-state index contributed by atoms with van der Waals surface area (Å²) >= 11 is 0. The van der Waals surface area contributed by atoms with Crippen molar-refractivity contribution >= 4 is 12.6 Å². The fourth-order valence-corrected chi connectivity index (χ4v) is 2.03. The maximum atomic E-state index is 6.01. The molecule has 1 radical (unpaired) electrons. The van der Waals surface area contributed by atoms with E-state index in [4.69, 9.17) is 9.31 Å². The molecule has 0 atom stereocenters. The average molecular weight is 263 g/mol. The van der Waals surface area contributed by atoms with Crippen LogP contribution >= 0.6 is 0 Å². The molecule has 1 fully saturated rings. The van der Waals surface area contributed by atoms with Gasteiger partial charge < -0.3 is 9.31 Å². The van der Waals surface area contributed by atoms with Gasteiger partial charge in [-0.05, 0) is 40.5 Å². The van der Waals surface area contributed by atoms with E-state index in [9.17, 15) is 0 Å². The highest BCUT2D eigenvalue weighted by Gasteiger charge is 2.52. The van der Waals surface area contributed by atoms with Crippen LogP contribution in [0.3, 0.4) is 0 Å². The third-order valence-corrected chi connectivity index (χ3v) is 4.03. The molecule has 1 aliphatic heterocycles. The van der Waals surface area contributed by atoms with Gasteiger partial charge in [-0.2, -0.15) is 5.10 Å². The Bertz CT molecular complexity index is 413. The Morgan fingerprint density at radius 1 is 1.26 bits per heavy atom. The van der Waals surface area contributed by atoms with Crippen LogP contribution in [0.4, 0.5) is 0 Å². The summed E-state index contributed by atoms with van der Waals surface area (Å²) < 4.78 is 14.0. The van der Waals surface area contributed by atoms with Gasteiger partial charge in [0.05, 0.1) is 11.2 Å². The van der Waals surface area contributed by atoms with Crippen molar-refractivity contribution in [2.45, 2.75) is 65.2 Å². The summed E-state index contributed by atoms with van der Waals surface area (Å²) in [4.78, 5) is 0. The molecule has 2 rings (SSSR count). The zero-order chi connectivity index (χ0) is 14.1. The zero-order valence-corrected chi connectivity index (χ0v) is 12.6. The lowest BCUT2D eigenvalue weighted by Crippen LogP contribution is -2.41. The predicted molar refractivity (Wildman–Crippen MR) is 77.2 cm³/mol. The van der Waals surface area contributed by atoms with Crippen molar-refractivity contribution < 1.29 is 9.31 Å². The Kier molecular flexibility index (Phi) is 4.07. The minimum Gasteiger partial charge on any atom is -0.399 e. The number of rotatable bonds is 5. The van der Waals surface area contributed by atoms with E-state index in [2.05, 4.69) is 46.1 Å². The molecule has 0 N–H and O–H groups in total. The van der Waals surface area contributed by atoms with Gasteiger partial charge >= 0.3 is 7.12 Å². The van der Waals surface area contributed by atoms with Crippen LogP contribution < -0.4 is 5.46 Å². The molecule has 5 heteroatoms. The third kappa shape index (κ3) is 3.03. The Morgan fingerprint density at radius 3 is 2.47 bits per heavy atom. The van der Waals surface area contributed by atoms with E-state index >= 15 is 0 Å². The van der Waals surface area contributed by atoms with Gasteiger partial charge in [0.1, 0.15) is 0 Å². The van der Waals surface area contributed by atoms with Crippen LogP contribution in [0.1, 0.15) is 47.5 Å². The van der Waals surface area contributed by atoms with Crippen LogP contribution in [0.15, 0.2) is 12.4 Å². The Labute approximate surface area is 116 Å². The molecule has 0 unspecified atom stereocenters. The molecule has 1 aromatic rings. The van der Waals surface area contributed by atoms with Gasteiger partial charge in [-0.3, -0.25) is 4.68 Å². The smallest absolute Gasteiger partial charge is 0.399 e. The third-order valence-electron chi connectivity index (χ3n) is 4.03. The highest BCUT2D eigenvalue weighted by Crippen LogP contribution is 2.36. The minimum absolute atomic E-state index is 0.296. The van der Waals surface area contributed by atoms with Gasteiger partial charge in [-0.15, -0.1) is 0 Å². The molecule has 19 heavy (non-hydrogen) atoms. The Hall–Kier alpha value is -0.805. The molecule has 2 heterocycles. The highest BCUT2D eigenvalue weighted by molar-refractivity contribution is 6.61. The van der Waals surface area contributed by atoms with E-state index in [1.54, 1.807) is 0 Å². The quantitative estimate of drug-likeness (QED) is 0.603. The molecule has 1 aromatic heterocycles. The van der Waals surface area contributed by atoms with Crippen molar-refractivity contribution in [3.05, 3.63) is 18.8 Å². The van der Waals surface area contributed by atoms with Crippen LogP contribution in [-0.4, -0.2) is 28.1 Å². The van der Waals surface area contributed by atoms with Gasteiger partial charge in [-0.1, -0.05) is 13.3 Å². The second-order valence-corrected chi connectivity index (χ2v) is 6.11. The normalized spacial score (nSPS) is 21.0. The number of aromatic nitrogens is 2. The van der Waals surface area contributed by atoms with Gasteiger partial charge in [0.15, 0.2) is 0 Å². The molecule has 0 aliphatic carbocycles. The number of nitrogens with zero attached hydrogens (tertiary/aromatic N) is 2. The first-order valence-corrected chi connectivity index (χ1v) is 7.05. The summed E-state index contributed by atoms with van der Waals surface area (Å²) in [6, 6.07) is 0. The zero-order valence-electron chi connectivity index (χ0n) is 12.6. The van der Waals surface area contributed by atoms with Crippen LogP contribution in [0.2, 0.25) is 0 Å². The number of aryl methyl sites for hydroxylation is 1. The molecule has 0 aromatic carbocycles. The molecule has 4 nitrogen and oxygen atoms in total. The molecule has 1 saturated heterocycles. The molecule has 0 bridgehead atoms. The predicted octanol–water partition coefficient (Wildman–Crippen LogP) is 2.19. The summed E-state index contributed by atoms with van der Waals surface area (Å²) in [7, 11) is -0.311. The van der Waals surface area contributed by atoms with Gasteiger partial charge in [-0.25, -0.2) is 0 Å². The molecular formula is C14H24BN2O2. The van der Waals surface area contributed by atoms with E-state index in [1.165, 1.54) is 0 Å². The molecule has 0 amide bonds. The van der Waals surface area contributed by atoms with Crippen molar-refractivity contribution in [3.63, 3.8) is 0 Å².